The van der Waals surface area contributed by atoms with Gasteiger partial charge in [-0.3, -0.25) is 10.1 Å². The van der Waals surface area contributed by atoms with Crippen molar-refractivity contribution < 1.29 is 24.2 Å². The Balaban J connectivity index is 1.37. The zero-order valence-corrected chi connectivity index (χ0v) is 16.3. The summed E-state index contributed by atoms with van der Waals surface area (Å²) in [6, 6.07) is 8.33. The van der Waals surface area contributed by atoms with E-state index in [1.54, 1.807) is 6.92 Å². The van der Waals surface area contributed by atoms with Gasteiger partial charge >= 0.3 is 12.1 Å². The topological polar surface area (TPSA) is 127 Å². The van der Waals surface area contributed by atoms with Crippen LogP contribution in [0, 0.1) is 0 Å². The fraction of sp³-hybridized carbons (Fsp3) is 0.389. The summed E-state index contributed by atoms with van der Waals surface area (Å²) in [5.74, 6) is -1.000. The van der Waals surface area contributed by atoms with Gasteiger partial charge in [0.2, 0.25) is 5.91 Å². The first-order valence-electron chi connectivity index (χ1n) is 8.95. The number of rotatable bonds is 6. The van der Waals surface area contributed by atoms with Gasteiger partial charge < -0.3 is 14.7 Å². The van der Waals surface area contributed by atoms with Crippen molar-refractivity contribution in [3.8, 4) is 0 Å². The van der Waals surface area contributed by atoms with E-state index in [4.69, 9.17) is 4.74 Å². The van der Waals surface area contributed by atoms with Gasteiger partial charge in [0.1, 0.15) is 12.6 Å². The SMILES string of the molecule is C[C@@]1(Cn2cc(NC(=O)OCc3ccccc3)nn2)S[C@H]2CC(=O)N2[C@H]1C(=O)O. The van der Waals surface area contributed by atoms with Crippen LogP contribution in [0.5, 0.6) is 0 Å². The number of nitrogens with one attached hydrogen (secondary N) is 1. The maximum atomic E-state index is 11.9. The lowest BCUT2D eigenvalue weighted by atomic mass is 9.96. The first kappa shape index (κ1) is 19.2. The fourth-order valence-corrected chi connectivity index (χ4v) is 5.35. The van der Waals surface area contributed by atoms with Gasteiger partial charge in [0.05, 0.1) is 29.3 Å². The summed E-state index contributed by atoms with van der Waals surface area (Å²) in [5.41, 5.74) is 0.858. The Morgan fingerprint density at radius 2 is 2.14 bits per heavy atom. The molecule has 10 nitrogen and oxygen atoms in total. The third-order valence-corrected chi connectivity index (χ3v) is 6.46. The molecular formula is C18H19N5O5S. The van der Waals surface area contributed by atoms with Crippen molar-refractivity contribution in [1.29, 1.82) is 0 Å². The van der Waals surface area contributed by atoms with Gasteiger partial charge in [0.15, 0.2) is 5.82 Å². The minimum Gasteiger partial charge on any atom is -0.480 e. The van der Waals surface area contributed by atoms with Crippen molar-refractivity contribution in [3.63, 3.8) is 0 Å². The van der Waals surface area contributed by atoms with Gasteiger partial charge in [0.25, 0.3) is 0 Å². The summed E-state index contributed by atoms with van der Waals surface area (Å²) in [6.45, 7) is 2.15. The van der Waals surface area contributed by atoms with E-state index in [1.165, 1.54) is 27.5 Å². The number of carbonyl (C=O) groups is 3. The Bertz CT molecular complexity index is 951. The Morgan fingerprint density at radius 3 is 2.83 bits per heavy atom. The van der Waals surface area contributed by atoms with Crippen LogP contribution < -0.4 is 5.32 Å². The largest absolute Gasteiger partial charge is 0.480 e. The summed E-state index contributed by atoms with van der Waals surface area (Å²) in [5, 5.41) is 19.8. The highest BCUT2D eigenvalue weighted by atomic mass is 32.2. The molecule has 2 fully saturated rings. The quantitative estimate of drug-likeness (QED) is 0.678. The van der Waals surface area contributed by atoms with Gasteiger partial charge in [-0.1, -0.05) is 35.5 Å². The molecule has 3 heterocycles. The number of nitrogens with zero attached hydrogens (tertiary/aromatic N) is 4. The summed E-state index contributed by atoms with van der Waals surface area (Å²) in [4.78, 5) is 36.9. The van der Waals surface area contributed by atoms with E-state index < -0.39 is 22.9 Å². The minimum absolute atomic E-state index is 0.123. The molecule has 3 atom stereocenters. The summed E-state index contributed by atoms with van der Waals surface area (Å²) < 4.78 is 5.84. The highest BCUT2D eigenvalue weighted by Crippen LogP contribution is 2.51. The van der Waals surface area contributed by atoms with Crippen molar-refractivity contribution >= 4 is 35.5 Å². The van der Waals surface area contributed by atoms with Crippen LogP contribution >= 0.6 is 11.8 Å². The molecule has 11 heteroatoms. The van der Waals surface area contributed by atoms with E-state index >= 15 is 0 Å². The molecule has 2 saturated heterocycles. The van der Waals surface area contributed by atoms with Crippen molar-refractivity contribution in [3.05, 3.63) is 42.1 Å². The first-order valence-corrected chi connectivity index (χ1v) is 9.83. The van der Waals surface area contributed by atoms with Gasteiger partial charge in [-0.2, -0.15) is 0 Å². The standard InChI is InChI=1S/C18H19N5O5S/c1-18(15(16(25)26)23-13(24)7-14(23)29-18)10-22-8-12(20-21-22)19-17(27)28-9-11-5-3-2-4-6-11/h2-6,8,14-15H,7,9-10H2,1H3,(H,19,27)(H,25,26)/t14-,15-,18-/m0/s1. The Hall–Kier alpha value is -3.08. The smallest absolute Gasteiger partial charge is 0.413 e. The van der Waals surface area contributed by atoms with Crippen molar-refractivity contribution in [2.24, 2.45) is 0 Å². The molecule has 0 saturated carbocycles. The number of thioether (sulfide) groups is 1. The number of anilines is 1. The molecule has 0 aliphatic carbocycles. The normalized spacial score (nSPS) is 25.3. The number of carbonyl (C=O) groups excluding carboxylic acids is 2. The summed E-state index contributed by atoms with van der Waals surface area (Å²) in [7, 11) is 0. The number of aliphatic carboxylic acids is 1. The monoisotopic (exact) mass is 417 g/mol. The van der Waals surface area contributed by atoms with Crippen molar-refractivity contribution in [2.75, 3.05) is 5.32 Å². The molecule has 152 valence electrons. The van der Waals surface area contributed by atoms with Crippen LogP contribution in [0.3, 0.4) is 0 Å². The molecule has 1 aromatic heterocycles. The second kappa shape index (κ2) is 7.39. The number of carboxylic acids is 1. The average molecular weight is 417 g/mol. The van der Waals surface area contributed by atoms with Gasteiger partial charge in [0, 0.05) is 0 Å². The molecular weight excluding hydrogens is 398 g/mol. The number of β-lactam (4-membered cyclic amide) rings is 1. The van der Waals surface area contributed by atoms with Crippen LogP contribution in [0.15, 0.2) is 36.5 Å². The molecule has 0 bridgehead atoms. The van der Waals surface area contributed by atoms with Crippen LogP contribution in [0.1, 0.15) is 18.9 Å². The van der Waals surface area contributed by atoms with E-state index in [1.807, 2.05) is 30.3 Å². The van der Waals surface area contributed by atoms with E-state index in [9.17, 15) is 19.5 Å². The number of carboxylic acid groups (broad SMARTS) is 1. The lowest BCUT2D eigenvalue weighted by molar-refractivity contribution is -0.157. The number of amides is 2. The van der Waals surface area contributed by atoms with Crippen LogP contribution in [-0.4, -0.2) is 59.1 Å². The lowest BCUT2D eigenvalue weighted by Crippen LogP contribution is -2.58. The summed E-state index contributed by atoms with van der Waals surface area (Å²) in [6.07, 6.45) is 1.19. The van der Waals surface area contributed by atoms with Crippen molar-refractivity contribution in [2.45, 2.75) is 42.7 Å². The van der Waals surface area contributed by atoms with Crippen molar-refractivity contribution in [1.82, 2.24) is 19.9 Å². The van der Waals surface area contributed by atoms with Crippen LogP contribution in [-0.2, 0) is 27.5 Å². The number of hydrogen-bond donors (Lipinski definition) is 2. The van der Waals surface area contributed by atoms with E-state index in [0.717, 1.165) is 5.56 Å². The predicted molar refractivity (Wildman–Crippen MR) is 103 cm³/mol. The van der Waals surface area contributed by atoms with Gasteiger partial charge in [-0.25, -0.2) is 14.3 Å². The van der Waals surface area contributed by atoms with Gasteiger partial charge in [-0.15, -0.1) is 16.9 Å². The summed E-state index contributed by atoms with van der Waals surface area (Å²) >= 11 is 1.45. The number of benzene rings is 1. The molecule has 2 aromatic rings. The zero-order valence-electron chi connectivity index (χ0n) is 15.5. The molecule has 0 spiro atoms. The molecule has 4 rings (SSSR count). The third kappa shape index (κ3) is 3.77. The van der Waals surface area contributed by atoms with E-state index in [0.29, 0.717) is 6.42 Å². The number of hydrogen-bond acceptors (Lipinski definition) is 7. The predicted octanol–water partition coefficient (Wildman–Crippen LogP) is 1.54. The molecule has 2 aliphatic heterocycles. The highest BCUT2D eigenvalue weighted by molar-refractivity contribution is 8.01. The second-order valence-electron chi connectivity index (χ2n) is 7.12. The average Bonchev–Trinajstić information content (AvgIpc) is 3.20. The Labute approximate surface area is 170 Å². The van der Waals surface area contributed by atoms with Crippen LogP contribution in [0.2, 0.25) is 0 Å². The number of aromatic nitrogens is 3. The molecule has 1 aromatic carbocycles. The Morgan fingerprint density at radius 1 is 1.38 bits per heavy atom. The maximum absolute atomic E-state index is 11.9. The molecule has 2 aliphatic rings. The highest BCUT2D eigenvalue weighted by Gasteiger charge is 2.60. The number of fused-ring (bicyclic) bond motifs is 1. The van der Waals surface area contributed by atoms with Crippen LogP contribution in [0.4, 0.5) is 10.6 Å². The Kier molecular flexibility index (Phi) is 4.91. The molecule has 0 unspecified atom stereocenters. The molecule has 0 radical (unpaired) electrons. The lowest BCUT2D eigenvalue weighted by Gasteiger charge is -2.36. The minimum atomic E-state index is -1.04. The maximum Gasteiger partial charge on any atom is 0.413 e. The molecule has 29 heavy (non-hydrogen) atoms. The third-order valence-electron chi connectivity index (χ3n) is 4.90. The van der Waals surface area contributed by atoms with Gasteiger partial charge in [-0.05, 0) is 12.5 Å². The molecule has 2 amide bonds. The van der Waals surface area contributed by atoms with Crippen LogP contribution in [0.25, 0.3) is 0 Å². The zero-order chi connectivity index (χ0) is 20.6. The van der Waals surface area contributed by atoms with E-state index in [2.05, 4.69) is 15.6 Å². The van der Waals surface area contributed by atoms with E-state index in [-0.39, 0.29) is 30.3 Å². The second-order valence-corrected chi connectivity index (χ2v) is 8.83. The fourth-order valence-electron chi connectivity index (χ4n) is 3.60. The number of ether oxygens (including phenoxy) is 1. The molecule has 2 N–H and O–H groups in total. The first-order chi connectivity index (χ1) is 13.9.